The van der Waals surface area contributed by atoms with Crippen LogP contribution in [0.4, 0.5) is 0 Å². The molecule has 2 fully saturated rings. The van der Waals surface area contributed by atoms with Crippen molar-refractivity contribution in [1.82, 2.24) is 0 Å². The van der Waals surface area contributed by atoms with Gasteiger partial charge in [0, 0.05) is 27.4 Å². The fraction of sp³-hybridized carbons (Fsp3) is 0.708. The van der Waals surface area contributed by atoms with Gasteiger partial charge < -0.3 is 4.74 Å². The minimum Gasteiger partial charge on any atom is -0.427 e. The summed E-state index contributed by atoms with van der Waals surface area (Å²) in [6.07, 6.45) is 13.5. The van der Waals surface area contributed by atoms with Crippen LogP contribution in [-0.2, 0) is 11.2 Å². The lowest BCUT2D eigenvalue weighted by molar-refractivity contribution is -0.134. The molecule has 0 aliphatic carbocycles. The molecule has 2 nitrogen and oxygen atoms in total. The molecule has 1 aromatic carbocycles. The number of ether oxygens (including phenoxy) is 1. The Labute approximate surface area is 208 Å². The molecule has 0 N–H and O–H groups in total. The molecule has 1 aromatic rings. The van der Waals surface area contributed by atoms with E-state index in [1.165, 1.54) is 63.4 Å². The maximum Gasteiger partial charge on any atom is 0.310 e. The fourth-order valence-electron chi connectivity index (χ4n) is 4.05. The lowest BCUT2D eigenvalue weighted by atomic mass is 10.0. The second-order valence-electron chi connectivity index (χ2n) is 8.41. The first-order chi connectivity index (χ1) is 15.2. The summed E-state index contributed by atoms with van der Waals surface area (Å²) >= 11 is 0. The molecule has 0 saturated carbocycles. The molecule has 2 heterocycles. The maximum atomic E-state index is 11.5. The van der Waals surface area contributed by atoms with Crippen molar-refractivity contribution in [3.8, 4) is 5.75 Å². The average molecular weight is 517 g/mol. The quantitative estimate of drug-likeness (QED) is 0.118. The first-order valence-corrected chi connectivity index (χ1v) is 17.7. The van der Waals surface area contributed by atoms with Gasteiger partial charge in [-0.05, 0) is 59.6 Å². The van der Waals surface area contributed by atoms with Crippen molar-refractivity contribution in [3.05, 3.63) is 29.8 Å². The number of aryl methyl sites for hydroxylation is 1. The van der Waals surface area contributed by atoms with Gasteiger partial charge in [0.05, 0.1) is 0 Å². The molecule has 2 aliphatic rings. The number of rotatable bonds is 12. The number of benzene rings is 1. The molecule has 0 amide bonds. The van der Waals surface area contributed by atoms with Gasteiger partial charge in [0.2, 0.25) is 0 Å². The third kappa shape index (κ3) is 8.95. The van der Waals surface area contributed by atoms with E-state index in [4.69, 9.17) is 4.74 Å². The van der Waals surface area contributed by atoms with Crippen LogP contribution >= 0.6 is 53.0 Å². The number of carbonyl (C=O) groups excluding carboxylic acids is 1. The number of fused-ring (bicyclic) bond motifs is 2. The van der Waals surface area contributed by atoms with Gasteiger partial charge in [-0.1, -0.05) is 101 Å². The van der Waals surface area contributed by atoms with E-state index in [1.807, 2.05) is 25.1 Å². The van der Waals surface area contributed by atoms with Crippen LogP contribution < -0.4 is 4.74 Å². The molecule has 2 saturated heterocycles. The maximum absolute atomic E-state index is 11.5. The predicted octanol–water partition coefficient (Wildman–Crippen LogP) is 8.99. The molecule has 0 spiro atoms. The zero-order valence-corrected chi connectivity index (χ0v) is 22.8. The van der Waals surface area contributed by atoms with Gasteiger partial charge >= 0.3 is 5.97 Å². The Morgan fingerprint density at radius 3 is 2.39 bits per heavy atom. The monoisotopic (exact) mass is 516 g/mol. The number of carbonyl (C=O) groups is 1. The third-order valence-corrected chi connectivity index (χ3v) is 14.8. The van der Waals surface area contributed by atoms with E-state index in [9.17, 15) is 4.79 Å². The Morgan fingerprint density at radius 1 is 0.935 bits per heavy atom. The van der Waals surface area contributed by atoms with Gasteiger partial charge in [-0.15, -0.1) is 0 Å². The minimum absolute atomic E-state index is 0.164. The SMILES string of the molecule is CCCC1SSSC(CCCCCCCc2cccc(OC(=O)CC)c2)C2CC1SS2. The van der Waals surface area contributed by atoms with Crippen LogP contribution in [0.5, 0.6) is 5.75 Å². The molecule has 2 bridgehead atoms. The standard InChI is InChI=1S/C24H36O2S5/c1-3-11-20-22-17-23(28-27-22)21(30-31-29-20)15-9-7-5-6-8-12-18-13-10-14-19(16-18)26-24(25)4-2/h10,13-14,16,20-23H,3-9,11-12,15,17H2,1-2H3. The van der Waals surface area contributed by atoms with Crippen LogP contribution in [0.2, 0.25) is 0 Å². The van der Waals surface area contributed by atoms with Gasteiger partial charge in [0.1, 0.15) is 5.75 Å². The molecule has 0 aromatic heterocycles. The topological polar surface area (TPSA) is 26.3 Å². The van der Waals surface area contributed by atoms with E-state index >= 15 is 0 Å². The molecule has 3 rings (SSSR count). The second kappa shape index (κ2) is 14.6. The third-order valence-electron chi connectivity index (χ3n) is 5.87. The van der Waals surface area contributed by atoms with Crippen molar-refractivity contribution >= 4 is 59.0 Å². The van der Waals surface area contributed by atoms with E-state index < -0.39 is 0 Å². The summed E-state index contributed by atoms with van der Waals surface area (Å²) in [4.78, 5) is 11.5. The van der Waals surface area contributed by atoms with Crippen molar-refractivity contribution in [2.45, 2.75) is 105 Å². The summed E-state index contributed by atoms with van der Waals surface area (Å²) in [6.45, 7) is 4.15. The summed E-state index contributed by atoms with van der Waals surface area (Å²) in [6, 6.07) is 8.02. The molecule has 4 unspecified atom stereocenters. The van der Waals surface area contributed by atoms with Gasteiger partial charge in [-0.2, -0.15) is 0 Å². The molecule has 2 aliphatic heterocycles. The zero-order chi connectivity index (χ0) is 21.9. The van der Waals surface area contributed by atoms with Crippen LogP contribution in [0, 0.1) is 0 Å². The van der Waals surface area contributed by atoms with Crippen LogP contribution in [0.1, 0.15) is 83.6 Å². The van der Waals surface area contributed by atoms with Gasteiger partial charge in [0.15, 0.2) is 0 Å². The highest BCUT2D eigenvalue weighted by atomic mass is 33.5. The Hall–Kier alpha value is 0.440. The minimum atomic E-state index is -0.164. The largest absolute Gasteiger partial charge is 0.427 e. The van der Waals surface area contributed by atoms with Crippen LogP contribution in [-0.4, -0.2) is 27.0 Å². The first-order valence-electron chi connectivity index (χ1n) is 11.8. The summed E-state index contributed by atoms with van der Waals surface area (Å²) in [5, 5.41) is 3.42. The number of hydrogen-bond donors (Lipinski definition) is 0. The molecular formula is C24H36O2S5. The van der Waals surface area contributed by atoms with E-state index in [-0.39, 0.29) is 5.97 Å². The van der Waals surface area contributed by atoms with Crippen molar-refractivity contribution in [3.63, 3.8) is 0 Å². The summed E-state index contributed by atoms with van der Waals surface area (Å²) < 4.78 is 5.33. The lowest BCUT2D eigenvalue weighted by Gasteiger charge is -2.27. The Bertz CT molecular complexity index is 671. The molecule has 4 atom stereocenters. The molecule has 0 radical (unpaired) electrons. The zero-order valence-electron chi connectivity index (χ0n) is 18.8. The molecule has 7 heteroatoms. The van der Waals surface area contributed by atoms with Gasteiger partial charge in [-0.3, -0.25) is 4.79 Å². The van der Waals surface area contributed by atoms with E-state index in [2.05, 4.69) is 66.0 Å². The van der Waals surface area contributed by atoms with Crippen LogP contribution in [0.25, 0.3) is 0 Å². The van der Waals surface area contributed by atoms with Gasteiger partial charge in [0.25, 0.3) is 0 Å². The van der Waals surface area contributed by atoms with Crippen molar-refractivity contribution in [1.29, 1.82) is 0 Å². The van der Waals surface area contributed by atoms with Gasteiger partial charge in [-0.25, -0.2) is 0 Å². The highest BCUT2D eigenvalue weighted by Gasteiger charge is 2.39. The Kier molecular flexibility index (Phi) is 12.3. The van der Waals surface area contributed by atoms with Crippen LogP contribution in [0.3, 0.4) is 0 Å². The average Bonchev–Trinajstić information content (AvgIpc) is 3.27. The number of esters is 1. The van der Waals surface area contributed by atoms with Crippen molar-refractivity contribution < 1.29 is 9.53 Å². The highest BCUT2D eigenvalue weighted by Crippen LogP contribution is 2.59. The second-order valence-corrected chi connectivity index (χ2v) is 15.7. The van der Waals surface area contributed by atoms with Crippen molar-refractivity contribution in [2.24, 2.45) is 0 Å². The molecular weight excluding hydrogens is 481 g/mol. The van der Waals surface area contributed by atoms with Crippen LogP contribution in [0.15, 0.2) is 24.3 Å². The smallest absolute Gasteiger partial charge is 0.310 e. The van der Waals surface area contributed by atoms with Crippen molar-refractivity contribution in [2.75, 3.05) is 0 Å². The number of unbranched alkanes of at least 4 members (excludes halogenated alkanes) is 4. The Morgan fingerprint density at radius 2 is 1.65 bits per heavy atom. The van der Waals surface area contributed by atoms with E-state index in [0.29, 0.717) is 12.2 Å². The first kappa shape index (κ1) is 26.1. The summed E-state index contributed by atoms with van der Waals surface area (Å²) in [5.41, 5.74) is 1.27. The summed E-state index contributed by atoms with van der Waals surface area (Å²) in [5.74, 6) is 0.519. The normalized spacial score (nSPS) is 25.7. The lowest BCUT2D eigenvalue weighted by Crippen LogP contribution is -2.25. The van der Waals surface area contributed by atoms with E-state index in [1.54, 1.807) is 0 Å². The van der Waals surface area contributed by atoms with E-state index in [0.717, 1.165) is 27.4 Å². The predicted molar refractivity (Wildman–Crippen MR) is 146 cm³/mol. The fourth-order valence-corrected chi connectivity index (χ4v) is 14.9. The number of hydrogen-bond acceptors (Lipinski definition) is 7. The highest BCUT2D eigenvalue weighted by molar-refractivity contribution is 9.09. The molecule has 31 heavy (non-hydrogen) atoms. The molecule has 174 valence electrons. The summed E-state index contributed by atoms with van der Waals surface area (Å²) in [7, 11) is 10.8. The Balaban J connectivity index is 1.28.